The minimum absolute atomic E-state index is 0.0823. The molecule has 3 aliphatic rings. The maximum absolute atomic E-state index is 13.6. The minimum atomic E-state index is -5.01. The number of hydrogen-bond acceptors (Lipinski definition) is 7. The smallest absolute Gasteiger partial charge is 0.416 e. The zero-order valence-corrected chi connectivity index (χ0v) is 25.6. The third-order valence-corrected chi connectivity index (χ3v) is 9.97. The van der Waals surface area contributed by atoms with Gasteiger partial charge in [0.2, 0.25) is 0 Å². The van der Waals surface area contributed by atoms with Gasteiger partial charge in [-0.1, -0.05) is 23.9 Å². The summed E-state index contributed by atoms with van der Waals surface area (Å²) in [5.41, 5.74) is -1.39. The zero-order chi connectivity index (χ0) is 32.9. The van der Waals surface area contributed by atoms with Crippen LogP contribution in [0.1, 0.15) is 34.6 Å². The lowest BCUT2D eigenvalue weighted by molar-refractivity contribution is -0.143. The number of alkyl halides is 6. The Morgan fingerprint density at radius 3 is 2.17 bits per heavy atom. The lowest BCUT2D eigenvalue weighted by Crippen LogP contribution is -2.48. The molecular weight excluding hydrogens is 636 g/mol. The molecule has 7 nitrogen and oxygen atoms in total. The summed E-state index contributed by atoms with van der Waals surface area (Å²) < 4.78 is 95.4. The van der Waals surface area contributed by atoms with Gasteiger partial charge in [0.15, 0.2) is 16.7 Å². The molecule has 46 heavy (non-hydrogen) atoms. The van der Waals surface area contributed by atoms with Gasteiger partial charge in [0.25, 0.3) is 5.91 Å². The van der Waals surface area contributed by atoms with Gasteiger partial charge in [-0.25, -0.2) is 0 Å². The SMILES string of the molecule is COc1ccc(N2CCN(C3=NC(=O)C4(CC4c4ccc(OCc5ccc(C(F)(F)F)cc5C(F)(F)F)c(OC)c4)S3)CC2)cc1. The summed E-state index contributed by atoms with van der Waals surface area (Å²) in [6, 6.07) is 14.2. The van der Waals surface area contributed by atoms with E-state index in [4.69, 9.17) is 14.2 Å². The maximum Gasteiger partial charge on any atom is 0.416 e. The molecule has 6 rings (SSSR count). The van der Waals surface area contributed by atoms with Crippen LogP contribution >= 0.6 is 11.8 Å². The number of halogens is 6. The molecule has 2 atom stereocenters. The van der Waals surface area contributed by atoms with Crippen LogP contribution in [0.25, 0.3) is 0 Å². The number of hydrogen-bond donors (Lipinski definition) is 0. The van der Waals surface area contributed by atoms with E-state index in [9.17, 15) is 31.1 Å². The highest BCUT2D eigenvalue weighted by molar-refractivity contribution is 8.16. The number of benzene rings is 3. The first kappa shape index (κ1) is 31.9. The third-order valence-electron chi connectivity index (χ3n) is 8.45. The molecule has 0 radical (unpaired) electrons. The monoisotopic (exact) mass is 665 g/mol. The fourth-order valence-corrected chi connectivity index (χ4v) is 7.22. The number of nitrogens with zero attached hydrogens (tertiary/aromatic N) is 3. The predicted octanol–water partition coefficient (Wildman–Crippen LogP) is 7.00. The number of aliphatic imine (C=N–C) groups is 1. The largest absolute Gasteiger partial charge is 0.497 e. The Morgan fingerprint density at radius 2 is 1.54 bits per heavy atom. The van der Waals surface area contributed by atoms with Gasteiger partial charge in [-0.05, 0) is 60.5 Å². The summed E-state index contributed by atoms with van der Waals surface area (Å²) in [6.07, 6.45) is -9.36. The first-order valence-electron chi connectivity index (χ1n) is 14.4. The van der Waals surface area contributed by atoms with E-state index < -0.39 is 40.4 Å². The van der Waals surface area contributed by atoms with E-state index in [2.05, 4.69) is 14.8 Å². The van der Waals surface area contributed by atoms with Gasteiger partial charge in [0.1, 0.15) is 17.1 Å². The van der Waals surface area contributed by atoms with Gasteiger partial charge in [0.05, 0.1) is 25.3 Å². The molecule has 1 saturated heterocycles. The van der Waals surface area contributed by atoms with Crippen molar-refractivity contribution in [1.29, 1.82) is 0 Å². The highest BCUT2D eigenvalue weighted by Gasteiger charge is 2.65. The van der Waals surface area contributed by atoms with E-state index in [1.807, 2.05) is 24.3 Å². The molecule has 1 saturated carbocycles. The quantitative estimate of drug-likeness (QED) is 0.252. The Balaban J connectivity index is 1.10. The predicted molar refractivity (Wildman–Crippen MR) is 161 cm³/mol. The van der Waals surface area contributed by atoms with Gasteiger partial charge in [-0.3, -0.25) is 4.79 Å². The third kappa shape index (κ3) is 6.18. The van der Waals surface area contributed by atoms with Crippen molar-refractivity contribution in [2.75, 3.05) is 45.3 Å². The molecule has 2 heterocycles. The summed E-state index contributed by atoms with van der Waals surface area (Å²) >= 11 is 1.46. The van der Waals surface area contributed by atoms with Crippen molar-refractivity contribution in [3.05, 3.63) is 82.9 Å². The lowest BCUT2D eigenvalue weighted by atomic mass is 10.0. The molecule has 3 aromatic carbocycles. The summed E-state index contributed by atoms with van der Waals surface area (Å²) in [5.74, 6) is 0.787. The summed E-state index contributed by atoms with van der Waals surface area (Å²) in [7, 11) is 3.00. The normalized spacial score (nSPS) is 21.4. The van der Waals surface area contributed by atoms with Crippen molar-refractivity contribution in [1.82, 2.24) is 4.90 Å². The summed E-state index contributed by atoms with van der Waals surface area (Å²) in [6.45, 7) is 2.33. The number of piperazine rings is 1. The van der Waals surface area contributed by atoms with Gasteiger partial charge in [-0.2, -0.15) is 31.3 Å². The van der Waals surface area contributed by atoms with Crippen LogP contribution in [0.15, 0.2) is 65.7 Å². The first-order chi connectivity index (χ1) is 21.8. The van der Waals surface area contributed by atoms with Crippen LogP contribution in [0.3, 0.4) is 0 Å². The van der Waals surface area contributed by atoms with E-state index in [0.29, 0.717) is 30.7 Å². The second kappa shape index (κ2) is 11.9. The Morgan fingerprint density at radius 1 is 0.848 bits per heavy atom. The number of ether oxygens (including phenoxy) is 3. The number of anilines is 1. The average Bonchev–Trinajstić information content (AvgIpc) is 3.68. The van der Waals surface area contributed by atoms with Gasteiger partial charge < -0.3 is 24.0 Å². The van der Waals surface area contributed by atoms with Gasteiger partial charge in [0, 0.05) is 43.3 Å². The number of carbonyl (C=O) groups excluding carboxylic acids is 1. The van der Waals surface area contributed by atoms with Gasteiger partial charge in [-0.15, -0.1) is 0 Å². The molecule has 0 aromatic heterocycles. The van der Waals surface area contributed by atoms with Crippen LogP contribution in [0.5, 0.6) is 17.2 Å². The second-order valence-corrected chi connectivity index (χ2v) is 12.5. The number of amidine groups is 1. The molecule has 0 N–H and O–H groups in total. The Bertz CT molecular complexity index is 1650. The number of amides is 1. The van der Waals surface area contributed by atoms with Crippen LogP contribution in [-0.4, -0.2) is 61.1 Å². The molecule has 2 fully saturated rings. The average molecular weight is 666 g/mol. The fraction of sp³-hybridized carbons (Fsp3) is 0.375. The molecular formula is C32H29F6N3O4S. The first-order valence-corrected chi connectivity index (χ1v) is 15.2. The number of thioether (sulfide) groups is 1. The molecule has 0 bridgehead atoms. The molecule has 2 aliphatic heterocycles. The van der Waals surface area contributed by atoms with Gasteiger partial charge >= 0.3 is 12.4 Å². The van der Waals surface area contributed by atoms with E-state index in [-0.39, 0.29) is 29.4 Å². The van der Waals surface area contributed by atoms with E-state index in [0.717, 1.165) is 36.2 Å². The molecule has 3 aromatic rings. The van der Waals surface area contributed by atoms with Crippen LogP contribution in [-0.2, 0) is 23.8 Å². The highest BCUT2D eigenvalue weighted by Crippen LogP contribution is 2.64. The van der Waals surface area contributed by atoms with E-state index in [1.165, 1.54) is 24.9 Å². The second-order valence-electron chi connectivity index (χ2n) is 11.2. The van der Waals surface area contributed by atoms with Crippen LogP contribution in [0, 0.1) is 0 Å². The Kier molecular flexibility index (Phi) is 8.28. The highest BCUT2D eigenvalue weighted by atomic mass is 32.2. The zero-order valence-electron chi connectivity index (χ0n) is 24.7. The fourth-order valence-electron chi connectivity index (χ4n) is 5.79. The molecule has 1 spiro atoms. The standard InChI is InChI=1S/C32H29F6N3O4S/c1-43-23-8-6-22(7-9-23)40-11-13-41(14-12-40)29-39-28(42)30(46-29)17-25(30)19-4-10-26(27(15-19)44-2)45-18-20-3-5-21(31(33,34)35)16-24(20)32(36,37)38/h3-10,15-16,25H,11-14,17-18H2,1-2H3. The van der Waals surface area contributed by atoms with Crippen molar-refractivity contribution in [3.8, 4) is 17.2 Å². The lowest BCUT2D eigenvalue weighted by Gasteiger charge is -2.36. The maximum atomic E-state index is 13.6. The van der Waals surface area contributed by atoms with Crippen LogP contribution < -0.4 is 19.1 Å². The molecule has 244 valence electrons. The number of methoxy groups -OCH3 is 2. The van der Waals surface area contributed by atoms with Crippen molar-refractivity contribution in [2.24, 2.45) is 4.99 Å². The van der Waals surface area contributed by atoms with Crippen LogP contribution in [0.2, 0.25) is 0 Å². The number of rotatable bonds is 7. The Hall–Kier alpha value is -4.07. The molecule has 2 unspecified atom stereocenters. The molecule has 1 aliphatic carbocycles. The summed E-state index contributed by atoms with van der Waals surface area (Å²) in [5, 5.41) is 0.700. The van der Waals surface area contributed by atoms with Crippen LogP contribution in [0.4, 0.5) is 32.0 Å². The van der Waals surface area contributed by atoms with Crippen molar-refractivity contribution in [3.63, 3.8) is 0 Å². The summed E-state index contributed by atoms with van der Waals surface area (Å²) in [4.78, 5) is 21.9. The van der Waals surface area contributed by atoms with E-state index in [1.54, 1.807) is 19.2 Å². The Labute approximate surface area is 265 Å². The number of carbonyl (C=O) groups is 1. The minimum Gasteiger partial charge on any atom is -0.497 e. The van der Waals surface area contributed by atoms with Crippen molar-refractivity contribution >= 4 is 28.5 Å². The van der Waals surface area contributed by atoms with Crippen molar-refractivity contribution in [2.45, 2.75) is 36.0 Å². The molecule has 14 heteroatoms. The van der Waals surface area contributed by atoms with E-state index >= 15 is 0 Å². The van der Waals surface area contributed by atoms with Crippen molar-refractivity contribution < 1.29 is 45.3 Å². The molecule has 1 amide bonds. The topological polar surface area (TPSA) is 63.6 Å².